The van der Waals surface area contributed by atoms with E-state index in [0.717, 1.165) is 18.2 Å². The molecule has 0 bridgehead atoms. The number of carbonyl (C=O) groups excluding carboxylic acids is 1. The maximum absolute atomic E-state index is 11.0. The summed E-state index contributed by atoms with van der Waals surface area (Å²) in [7, 11) is 1.34. The molecule has 2 amide bonds. The van der Waals surface area contributed by atoms with E-state index in [1.54, 1.807) is 0 Å². The first-order valence-corrected chi connectivity index (χ1v) is 4.37. The number of carbonyl (C=O) groups is 1. The van der Waals surface area contributed by atoms with Gasteiger partial charge in [-0.1, -0.05) is 0 Å². The molecular formula is C8H8N4O5. The zero-order valence-electron chi connectivity index (χ0n) is 8.67. The SMILES string of the molecule is CNC(=O)Nc1ccc([N+](=O)[O-])cc1[N+](=O)[O-]. The lowest BCUT2D eigenvalue weighted by atomic mass is 10.2. The highest BCUT2D eigenvalue weighted by atomic mass is 16.6. The van der Waals surface area contributed by atoms with Gasteiger partial charge in [-0.25, -0.2) is 4.79 Å². The monoisotopic (exact) mass is 240 g/mol. The summed E-state index contributed by atoms with van der Waals surface area (Å²) in [4.78, 5) is 30.6. The van der Waals surface area contributed by atoms with Crippen LogP contribution in [0.2, 0.25) is 0 Å². The molecule has 9 nitrogen and oxygen atoms in total. The lowest BCUT2D eigenvalue weighted by Crippen LogP contribution is -2.24. The summed E-state index contributed by atoms with van der Waals surface area (Å²) < 4.78 is 0. The number of urea groups is 1. The molecule has 1 aromatic rings. The first-order chi connectivity index (χ1) is 7.95. The zero-order valence-corrected chi connectivity index (χ0v) is 8.67. The summed E-state index contributed by atoms with van der Waals surface area (Å²) in [6.45, 7) is 0. The number of nitro benzene ring substituents is 2. The fraction of sp³-hybridized carbons (Fsp3) is 0.125. The number of nitrogens with zero attached hydrogens (tertiary/aromatic N) is 2. The minimum Gasteiger partial charge on any atom is -0.341 e. The fourth-order valence-electron chi connectivity index (χ4n) is 1.08. The molecule has 2 N–H and O–H groups in total. The summed E-state index contributed by atoms with van der Waals surface area (Å²) in [5.74, 6) is 0. The van der Waals surface area contributed by atoms with Gasteiger partial charge in [0.1, 0.15) is 5.69 Å². The van der Waals surface area contributed by atoms with Crippen molar-refractivity contribution in [1.82, 2.24) is 5.32 Å². The second kappa shape index (κ2) is 4.88. The van der Waals surface area contributed by atoms with Gasteiger partial charge in [0, 0.05) is 13.1 Å². The van der Waals surface area contributed by atoms with Gasteiger partial charge < -0.3 is 10.6 Å². The van der Waals surface area contributed by atoms with Crippen LogP contribution >= 0.6 is 0 Å². The number of hydrogen-bond donors (Lipinski definition) is 2. The molecule has 0 aliphatic carbocycles. The number of amides is 2. The van der Waals surface area contributed by atoms with Crippen molar-refractivity contribution in [2.45, 2.75) is 0 Å². The van der Waals surface area contributed by atoms with Crippen LogP contribution in [0.4, 0.5) is 21.9 Å². The maximum Gasteiger partial charge on any atom is 0.319 e. The average molecular weight is 240 g/mol. The molecule has 9 heteroatoms. The van der Waals surface area contributed by atoms with Crippen molar-refractivity contribution in [3.05, 3.63) is 38.4 Å². The molecule has 1 rings (SSSR count). The predicted molar refractivity (Wildman–Crippen MR) is 57.8 cm³/mol. The van der Waals surface area contributed by atoms with Crippen LogP contribution in [0, 0.1) is 20.2 Å². The normalized spacial score (nSPS) is 9.47. The van der Waals surface area contributed by atoms with Gasteiger partial charge in [0.25, 0.3) is 11.4 Å². The van der Waals surface area contributed by atoms with Crippen LogP contribution < -0.4 is 10.6 Å². The van der Waals surface area contributed by atoms with Crippen LogP contribution in [0.25, 0.3) is 0 Å². The molecule has 0 aromatic heterocycles. The fourth-order valence-corrected chi connectivity index (χ4v) is 1.08. The first kappa shape index (κ1) is 12.4. The third-order valence-electron chi connectivity index (χ3n) is 1.86. The lowest BCUT2D eigenvalue weighted by molar-refractivity contribution is -0.393. The third kappa shape index (κ3) is 2.87. The molecule has 17 heavy (non-hydrogen) atoms. The van der Waals surface area contributed by atoms with Gasteiger partial charge in [-0.05, 0) is 6.07 Å². The molecule has 0 fully saturated rings. The van der Waals surface area contributed by atoms with E-state index in [4.69, 9.17) is 0 Å². The molecule has 0 radical (unpaired) electrons. The molecule has 0 spiro atoms. The molecule has 1 aromatic carbocycles. The number of rotatable bonds is 3. The Balaban J connectivity index is 3.17. The first-order valence-electron chi connectivity index (χ1n) is 4.37. The van der Waals surface area contributed by atoms with Crippen LogP contribution in [0.15, 0.2) is 18.2 Å². The van der Waals surface area contributed by atoms with Crippen molar-refractivity contribution in [3.63, 3.8) is 0 Å². The minimum atomic E-state index is -0.807. The third-order valence-corrected chi connectivity index (χ3v) is 1.86. The Kier molecular flexibility index (Phi) is 3.55. The van der Waals surface area contributed by atoms with Crippen molar-refractivity contribution < 1.29 is 14.6 Å². The second-order valence-corrected chi connectivity index (χ2v) is 2.92. The van der Waals surface area contributed by atoms with E-state index < -0.39 is 27.3 Å². The Hall–Kier alpha value is -2.71. The predicted octanol–water partition coefficient (Wildman–Crippen LogP) is 1.25. The second-order valence-electron chi connectivity index (χ2n) is 2.92. The highest BCUT2D eigenvalue weighted by molar-refractivity contribution is 5.91. The Labute approximate surface area is 94.7 Å². The summed E-state index contributed by atoms with van der Waals surface area (Å²) in [5.41, 5.74) is -1.07. The van der Waals surface area contributed by atoms with Crippen molar-refractivity contribution in [3.8, 4) is 0 Å². The van der Waals surface area contributed by atoms with E-state index in [0.29, 0.717) is 0 Å². The van der Waals surface area contributed by atoms with Gasteiger partial charge in [-0.2, -0.15) is 0 Å². The molecule has 0 atom stereocenters. The van der Waals surface area contributed by atoms with Crippen LogP contribution in [-0.4, -0.2) is 22.9 Å². The van der Waals surface area contributed by atoms with Crippen LogP contribution in [0.1, 0.15) is 0 Å². The Morgan fingerprint density at radius 1 is 1.24 bits per heavy atom. The maximum atomic E-state index is 11.0. The van der Waals surface area contributed by atoms with E-state index in [1.165, 1.54) is 7.05 Å². The molecule has 0 aliphatic rings. The van der Waals surface area contributed by atoms with Gasteiger partial charge in [-0.15, -0.1) is 0 Å². The van der Waals surface area contributed by atoms with Gasteiger partial charge >= 0.3 is 6.03 Å². The number of nitro groups is 2. The topological polar surface area (TPSA) is 127 Å². The molecule has 0 aliphatic heterocycles. The smallest absolute Gasteiger partial charge is 0.319 e. The van der Waals surface area contributed by atoms with E-state index in [9.17, 15) is 25.0 Å². The standard InChI is InChI=1S/C8H8N4O5/c1-9-8(13)10-6-3-2-5(11(14)15)4-7(6)12(16)17/h2-4H,1H3,(H2,9,10,13). The van der Waals surface area contributed by atoms with E-state index in [-0.39, 0.29) is 5.69 Å². The Morgan fingerprint density at radius 2 is 1.88 bits per heavy atom. The number of benzene rings is 1. The highest BCUT2D eigenvalue weighted by Gasteiger charge is 2.20. The quantitative estimate of drug-likeness (QED) is 0.607. The summed E-state index contributed by atoms with van der Waals surface area (Å²) in [5, 5.41) is 25.5. The lowest BCUT2D eigenvalue weighted by Gasteiger charge is -2.04. The largest absolute Gasteiger partial charge is 0.341 e. The molecular weight excluding hydrogens is 232 g/mol. The Bertz CT molecular complexity index is 487. The van der Waals surface area contributed by atoms with E-state index in [2.05, 4.69) is 10.6 Å². The number of non-ortho nitro benzene ring substituents is 1. The van der Waals surface area contributed by atoms with E-state index >= 15 is 0 Å². The minimum absolute atomic E-state index is 0.111. The van der Waals surface area contributed by atoms with Gasteiger partial charge in [0.05, 0.1) is 15.9 Å². The van der Waals surface area contributed by atoms with Gasteiger partial charge in [0.15, 0.2) is 0 Å². The number of anilines is 1. The van der Waals surface area contributed by atoms with Crippen molar-refractivity contribution >= 4 is 23.1 Å². The molecule has 90 valence electrons. The molecule has 0 saturated heterocycles. The number of nitrogens with one attached hydrogen (secondary N) is 2. The van der Waals surface area contributed by atoms with Crippen LogP contribution in [0.3, 0.4) is 0 Å². The molecule has 0 unspecified atom stereocenters. The van der Waals surface area contributed by atoms with Crippen molar-refractivity contribution in [1.29, 1.82) is 0 Å². The van der Waals surface area contributed by atoms with Crippen LogP contribution in [0.5, 0.6) is 0 Å². The van der Waals surface area contributed by atoms with Crippen molar-refractivity contribution in [2.24, 2.45) is 0 Å². The summed E-state index contributed by atoms with van der Waals surface area (Å²) in [6.07, 6.45) is 0. The van der Waals surface area contributed by atoms with Gasteiger partial charge in [0.2, 0.25) is 0 Å². The van der Waals surface area contributed by atoms with Gasteiger partial charge in [-0.3, -0.25) is 20.2 Å². The Morgan fingerprint density at radius 3 is 2.35 bits per heavy atom. The van der Waals surface area contributed by atoms with Crippen molar-refractivity contribution in [2.75, 3.05) is 12.4 Å². The number of hydrogen-bond acceptors (Lipinski definition) is 5. The molecule has 0 saturated carbocycles. The summed E-state index contributed by atoms with van der Waals surface area (Å²) >= 11 is 0. The zero-order chi connectivity index (χ0) is 13.0. The van der Waals surface area contributed by atoms with E-state index in [1.807, 2.05) is 0 Å². The molecule has 0 heterocycles. The summed E-state index contributed by atoms with van der Waals surface area (Å²) in [6, 6.07) is 2.30. The van der Waals surface area contributed by atoms with Crippen LogP contribution in [-0.2, 0) is 0 Å². The average Bonchev–Trinajstić information content (AvgIpc) is 2.28. The highest BCUT2D eigenvalue weighted by Crippen LogP contribution is 2.28.